The zero-order chi connectivity index (χ0) is 15.4. The van der Waals surface area contributed by atoms with Gasteiger partial charge in [0.1, 0.15) is 0 Å². The molecule has 0 amide bonds. The Hall–Kier alpha value is -1.82. The molecular formula is C15H21N5S. The standard InChI is InChI=1S/C15H21N5S/c1-6-16-13-17-14(20(4)5)19-15(18-13)21-12-8-7-10(2)11(3)9-12/h7-9H,6H2,1-5H3,(H,16,17,18,19). The fourth-order valence-electron chi connectivity index (χ4n) is 1.71. The Labute approximate surface area is 130 Å². The topological polar surface area (TPSA) is 53.9 Å². The second-order valence-electron chi connectivity index (χ2n) is 5.01. The monoisotopic (exact) mass is 303 g/mol. The second kappa shape index (κ2) is 6.76. The maximum Gasteiger partial charge on any atom is 0.230 e. The van der Waals surface area contributed by atoms with Crippen LogP contribution < -0.4 is 10.2 Å². The van der Waals surface area contributed by atoms with Gasteiger partial charge in [-0.2, -0.15) is 15.0 Å². The Balaban J connectivity index is 2.31. The number of anilines is 2. The highest BCUT2D eigenvalue weighted by Crippen LogP contribution is 2.27. The van der Waals surface area contributed by atoms with Gasteiger partial charge in [0.25, 0.3) is 0 Å². The molecule has 1 aromatic carbocycles. The first kappa shape index (κ1) is 15.6. The molecule has 112 valence electrons. The van der Waals surface area contributed by atoms with Gasteiger partial charge in [-0.3, -0.25) is 0 Å². The van der Waals surface area contributed by atoms with Crippen LogP contribution in [0.15, 0.2) is 28.3 Å². The number of aryl methyl sites for hydroxylation is 2. The zero-order valence-electron chi connectivity index (χ0n) is 13.1. The smallest absolute Gasteiger partial charge is 0.230 e. The average molecular weight is 303 g/mol. The molecule has 0 fully saturated rings. The molecule has 0 saturated carbocycles. The molecule has 21 heavy (non-hydrogen) atoms. The summed E-state index contributed by atoms with van der Waals surface area (Å²) in [5, 5.41) is 3.85. The van der Waals surface area contributed by atoms with Crippen LogP contribution in [0.5, 0.6) is 0 Å². The van der Waals surface area contributed by atoms with Crippen molar-refractivity contribution in [2.45, 2.75) is 30.8 Å². The van der Waals surface area contributed by atoms with Gasteiger partial charge in [-0.25, -0.2) is 0 Å². The summed E-state index contributed by atoms with van der Waals surface area (Å²) in [4.78, 5) is 16.3. The number of hydrogen-bond acceptors (Lipinski definition) is 6. The molecule has 0 radical (unpaired) electrons. The van der Waals surface area contributed by atoms with Crippen LogP contribution in [0, 0.1) is 13.8 Å². The lowest BCUT2D eigenvalue weighted by atomic mass is 10.1. The second-order valence-corrected chi connectivity index (χ2v) is 6.06. The first-order valence-electron chi connectivity index (χ1n) is 6.92. The van der Waals surface area contributed by atoms with Gasteiger partial charge in [0.05, 0.1) is 0 Å². The van der Waals surface area contributed by atoms with E-state index < -0.39 is 0 Å². The van der Waals surface area contributed by atoms with E-state index in [1.54, 1.807) is 11.8 Å². The van der Waals surface area contributed by atoms with Gasteiger partial charge >= 0.3 is 0 Å². The molecule has 0 bridgehead atoms. The van der Waals surface area contributed by atoms with Crippen LogP contribution in [0.2, 0.25) is 0 Å². The third kappa shape index (κ3) is 4.07. The highest BCUT2D eigenvalue weighted by atomic mass is 32.2. The Morgan fingerprint density at radius 3 is 2.48 bits per heavy atom. The third-order valence-electron chi connectivity index (χ3n) is 3.03. The van der Waals surface area contributed by atoms with Crippen LogP contribution in [0.3, 0.4) is 0 Å². The molecule has 1 N–H and O–H groups in total. The highest BCUT2D eigenvalue weighted by Gasteiger charge is 2.09. The normalized spacial score (nSPS) is 10.5. The van der Waals surface area contributed by atoms with Crippen LogP contribution in [0.4, 0.5) is 11.9 Å². The molecule has 0 atom stereocenters. The lowest BCUT2D eigenvalue weighted by molar-refractivity contribution is 0.864. The predicted octanol–water partition coefficient (Wildman–Crippen LogP) is 3.14. The lowest BCUT2D eigenvalue weighted by Gasteiger charge is -2.13. The summed E-state index contributed by atoms with van der Waals surface area (Å²) >= 11 is 1.55. The minimum atomic E-state index is 0.613. The summed E-state index contributed by atoms with van der Waals surface area (Å²) in [6.45, 7) is 7.03. The molecule has 0 spiro atoms. The molecule has 5 nitrogen and oxygen atoms in total. The minimum Gasteiger partial charge on any atom is -0.354 e. The van der Waals surface area contributed by atoms with Crippen molar-refractivity contribution in [2.75, 3.05) is 30.9 Å². The molecule has 1 heterocycles. The zero-order valence-corrected chi connectivity index (χ0v) is 14.0. The molecule has 2 rings (SSSR count). The van der Waals surface area contributed by atoms with E-state index in [4.69, 9.17) is 0 Å². The van der Waals surface area contributed by atoms with E-state index in [0.29, 0.717) is 17.1 Å². The van der Waals surface area contributed by atoms with E-state index in [1.807, 2.05) is 25.9 Å². The van der Waals surface area contributed by atoms with Crippen molar-refractivity contribution in [3.8, 4) is 0 Å². The van der Waals surface area contributed by atoms with Crippen molar-refractivity contribution in [1.29, 1.82) is 0 Å². The Morgan fingerprint density at radius 1 is 1.10 bits per heavy atom. The maximum absolute atomic E-state index is 4.49. The van der Waals surface area contributed by atoms with Crippen molar-refractivity contribution in [1.82, 2.24) is 15.0 Å². The molecule has 0 aliphatic heterocycles. The van der Waals surface area contributed by atoms with E-state index in [2.05, 4.69) is 52.3 Å². The van der Waals surface area contributed by atoms with Gasteiger partial charge in [0.2, 0.25) is 11.9 Å². The summed E-state index contributed by atoms with van der Waals surface area (Å²) in [6.07, 6.45) is 0. The summed E-state index contributed by atoms with van der Waals surface area (Å²) in [7, 11) is 3.85. The molecule has 0 saturated heterocycles. The Morgan fingerprint density at radius 2 is 1.86 bits per heavy atom. The van der Waals surface area contributed by atoms with Crippen molar-refractivity contribution >= 4 is 23.7 Å². The van der Waals surface area contributed by atoms with E-state index in [-0.39, 0.29) is 0 Å². The summed E-state index contributed by atoms with van der Waals surface area (Å²) in [5.41, 5.74) is 2.56. The van der Waals surface area contributed by atoms with Crippen molar-refractivity contribution < 1.29 is 0 Å². The fraction of sp³-hybridized carbons (Fsp3) is 0.400. The first-order chi connectivity index (χ1) is 9.99. The molecule has 2 aromatic rings. The number of nitrogens with one attached hydrogen (secondary N) is 1. The summed E-state index contributed by atoms with van der Waals surface area (Å²) < 4.78 is 0. The minimum absolute atomic E-state index is 0.613. The largest absolute Gasteiger partial charge is 0.354 e. The van der Waals surface area contributed by atoms with E-state index in [0.717, 1.165) is 11.4 Å². The van der Waals surface area contributed by atoms with Crippen LogP contribution >= 0.6 is 11.8 Å². The van der Waals surface area contributed by atoms with Gasteiger partial charge in [-0.15, -0.1) is 0 Å². The number of nitrogens with zero attached hydrogens (tertiary/aromatic N) is 4. The van der Waals surface area contributed by atoms with Crippen LogP contribution in [0.25, 0.3) is 0 Å². The Bertz CT molecular complexity index is 627. The van der Waals surface area contributed by atoms with Crippen molar-refractivity contribution in [2.24, 2.45) is 0 Å². The van der Waals surface area contributed by atoms with Gasteiger partial charge in [0, 0.05) is 25.5 Å². The van der Waals surface area contributed by atoms with Gasteiger partial charge in [0.15, 0.2) is 5.16 Å². The Kier molecular flexibility index (Phi) is 5.01. The number of benzene rings is 1. The fourth-order valence-corrected chi connectivity index (χ4v) is 2.55. The maximum atomic E-state index is 4.49. The lowest BCUT2D eigenvalue weighted by Crippen LogP contribution is -2.15. The van der Waals surface area contributed by atoms with E-state index in [1.165, 1.54) is 11.1 Å². The number of aromatic nitrogens is 3. The van der Waals surface area contributed by atoms with E-state index in [9.17, 15) is 0 Å². The average Bonchev–Trinajstić information content (AvgIpc) is 2.43. The van der Waals surface area contributed by atoms with Crippen molar-refractivity contribution in [3.63, 3.8) is 0 Å². The summed E-state index contributed by atoms with van der Waals surface area (Å²) in [5.74, 6) is 1.27. The van der Waals surface area contributed by atoms with Gasteiger partial charge in [-0.05, 0) is 55.8 Å². The predicted molar refractivity (Wildman–Crippen MR) is 88.4 cm³/mol. The molecular weight excluding hydrogens is 282 g/mol. The third-order valence-corrected chi connectivity index (χ3v) is 3.88. The molecule has 0 aliphatic carbocycles. The SMILES string of the molecule is CCNc1nc(Sc2ccc(C)c(C)c2)nc(N(C)C)n1. The quantitative estimate of drug-likeness (QED) is 0.916. The van der Waals surface area contributed by atoms with Crippen LogP contribution in [-0.4, -0.2) is 35.6 Å². The van der Waals surface area contributed by atoms with Crippen LogP contribution in [0.1, 0.15) is 18.1 Å². The van der Waals surface area contributed by atoms with Gasteiger partial charge < -0.3 is 10.2 Å². The highest BCUT2D eigenvalue weighted by molar-refractivity contribution is 7.99. The van der Waals surface area contributed by atoms with Crippen molar-refractivity contribution in [3.05, 3.63) is 29.3 Å². The summed E-state index contributed by atoms with van der Waals surface area (Å²) in [6, 6.07) is 6.38. The number of rotatable bonds is 5. The van der Waals surface area contributed by atoms with Crippen LogP contribution in [-0.2, 0) is 0 Å². The molecule has 0 unspecified atom stereocenters. The first-order valence-corrected chi connectivity index (χ1v) is 7.73. The molecule has 0 aliphatic rings. The van der Waals surface area contributed by atoms with E-state index >= 15 is 0 Å². The van der Waals surface area contributed by atoms with Gasteiger partial charge in [-0.1, -0.05) is 6.07 Å². The molecule has 1 aromatic heterocycles. The number of hydrogen-bond donors (Lipinski definition) is 1. The molecule has 6 heteroatoms.